The van der Waals surface area contributed by atoms with Crippen LogP contribution < -0.4 is 0 Å². The zero-order chi connectivity index (χ0) is 14.8. The van der Waals surface area contributed by atoms with Gasteiger partial charge in [-0.2, -0.15) is 0 Å². The van der Waals surface area contributed by atoms with Gasteiger partial charge in [0.05, 0.1) is 5.75 Å². The Kier molecular flexibility index (Phi) is 4.38. The minimum atomic E-state index is 0.0939. The van der Waals surface area contributed by atoms with E-state index in [4.69, 9.17) is 11.6 Å². The van der Waals surface area contributed by atoms with Crippen molar-refractivity contribution in [3.8, 4) is 0 Å². The lowest BCUT2D eigenvalue weighted by molar-refractivity contribution is 0.102. The van der Waals surface area contributed by atoms with Gasteiger partial charge in [-0.25, -0.2) is 0 Å². The monoisotopic (exact) mass is 379 g/mol. The maximum absolute atomic E-state index is 12.4. The second-order valence-corrected chi connectivity index (χ2v) is 6.96. The van der Waals surface area contributed by atoms with Crippen LogP contribution >= 0.6 is 39.3 Å². The van der Waals surface area contributed by atoms with Crippen LogP contribution in [0.2, 0.25) is 5.02 Å². The van der Waals surface area contributed by atoms with E-state index in [0.717, 1.165) is 20.3 Å². The first-order valence-electron chi connectivity index (χ1n) is 6.32. The third kappa shape index (κ3) is 3.34. The van der Waals surface area contributed by atoms with Crippen molar-refractivity contribution >= 4 is 56.0 Å². The maximum atomic E-state index is 12.4. The topological polar surface area (TPSA) is 32.9 Å². The number of aromatic amines is 1. The number of Topliss-reactive ketones (excluding diaryl/α,β-unsaturated/α-hetero) is 1. The Morgan fingerprint density at radius 1 is 1.19 bits per heavy atom. The Labute approximate surface area is 140 Å². The predicted octanol–water partition coefficient (Wildman–Crippen LogP) is 5.56. The van der Waals surface area contributed by atoms with Crippen molar-refractivity contribution in [1.82, 2.24) is 4.98 Å². The second-order valence-electron chi connectivity index (χ2n) is 4.56. The molecule has 0 radical (unpaired) electrons. The van der Waals surface area contributed by atoms with Gasteiger partial charge in [-0.15, -0.1) is 11.8 Å². The van der Waals surface area contributed by atoms with E-state index in [1.54, 1.807) is 6.20 Å². The number of aromatic nitrogens is 1. The van der Waals surface area contributed by atoms with Crippen LogP contribution in [0.1, 0.15) is 10.4 Å². The largest absolute Gasteiger partial charge is 0.360 e. The highest BCUT2D eigenvalue weighted by Gasteiger charge is 2.12. The van der Waals surface area contributed by atoms with Crippen molar-refractivity contribution in [2.75, 3.05) is 5.75 Å². The molecule has 0 aliphatic carbocycles. The number of nitrogens with one attached hydrogen (secondary N) is 1. The van der Waals surface area contributed by atoms with Gasteiger partial charge in [0, 0.05) is 37.1 Å². The fourth-order valence-electron chi connectivity index (χ4n) is 2.08. The molecule has 0 unspecified atom stereocenters. The number of benzene rings is 2. The summed E-state index contributed by atoms with van der Waals surface area (Å²) in [6.07, 6.45) is 1.76. The van der Waals surface area contributed by atoms with Crippen molar-refractivity contribution in [1.29, 1.82) is 0 Å². The molecular weight excluding hydrogens is 370 g/mol. The molecule has 1 aromatic heterocycles. The van der Waals surface area contributed by atoms with Crippen molar-refractivity contribution < 1.29 is 4.79 Å². The molecule has 106 valence electrons. The van der Waals surface area contributed by atoms with Gasteiger partial charge in [-0.05, 0) is 42.5 Å². The van der Waals surface area contributed by atoms with E-state index >= 15 is 0 Å². The average molecular weight is 381 g/mol. The fraction of sp³-hybridized carbons (Fsp3) is 0.0625. The lowest BCUT2D eigenvalue weighted by atomic mass is 10.1. The molecule has 0 fully saturated rings. The second kappa shape index (κ2) is 6.26. The van der Waals surface area contributed by atoms with Crippen LogP contribution in [0.4, 0.5) is 0 Å². The normalized spacial score (nSPS) is 11.0. The molecule has 0 amide bonds. The molecule has 2 aromatic carbocycles. The number of H-pyrrole nitrogens is 1. The summed E-state index contributed by atoms with van der Waals surface area (Å²) in [5.74, 6) is 0.498. The third-order valence-electron chi connectivity index (χ3n) is 3.13. The minimum absolute atomic E-state index is 0.0939. The summed E-state index contributed by atoms with van der Waals surface area (Å²) in [6, 6.07) is 13.4. The first-order chi connectivity index (χ1) is 10.1. The Morgan fingerprint density at radius 2 is 1.95 bits per heavy atom. The van der Waals surface area contributed by atoms with Crippen molar-refractivity contribution in [2.45, 2.75) is 4.90 Å². The summed E-state index contributed by atoms with van der Waals surface area (Å²) in [7, 11) is 0. The van der Waals surface area contributed by atoms with Crippen LogP contribution in [-0.2, 0) is 0 Å². The van der Waals surface area contributed by atoms with Crippen LogP contribution in [0.25, 0.3) is 10.9 Å². The van der Waals surface area contributed by atoms with E-state index in [2.05, 4.69) is 20.9 Å². The Bertz CT molecular complexity index is 798. The van der Waals surface area contributed by atoms with E-state index in [0.29, 0.717) is 16.3 Å². The Hall–Kier alpha value is -1.23. The minimum Gasteiger partial charge on any atom is -0.360 e. The smallest absolute Gasteiger partial charge is 0.175 e. The number of fused-ring (bicyclic) bond motifs is 1. The van der Waals surface area contributed by atoms with E-state index in [-0.39, 0.29) is 5.78 Å². The van der Waals surface area contributed by atoms with E-state index in [1.165, 1.54) is 11.8 Å². The van der Waals surface area contributed by atoms with Crippen LogP contribution in [0, 0.1) is 0 Å². The molecule has 0 saturated carbocycles. The highest BCUT2D eigenvalue weighted by atomic mass is 79.9. The summed E-state index contributed by atoms with van der Waals surface area (Å²) in [5, 5.41) is 1.51. The number of hydrogen-bond acceptors (Lipinski definition) is 2. The Morgan fingerprint density at radius 3 is 2.71 bits per heavy atom. The lowest BCUT2D eigenvalue weighted by Crippen LogP contribution is -2.01. The molecule has 2 nitrogen and oxygen atoms in total. The van der Waals surface area contributed by atoms with Crippen LogP contribution in [0.15, 0.2) is 58.0 Å². The summed E-state index contributed by atoms with van der Waals surface area (Å²) >= 11 is 10.9. The molecule has 21 heavy (non-hydrogen) atoms. The van der Waals surface area contributed by atoms with Crippen molar-refractivity contribution in [3.05, 3.63) is 63.7 Å². The number of hydrogen-bond donors (Lipinski definition) is 1. The van der Waals surface area contributed by atoms with Gasteiger partial charge in [0.25, 0.3) is 0 Å². The number of thioether (sulfide) groups is 1. The van der Waals surface area contributed by atoms with E-state index in [1.807, 2.05) is 42.5 Å². The molecule has 5 heteroatoms. The summed E-state index contributed by atoms with van der Waals surface area (Å²) in [4.78, 5) is 16.6. The van der Waals surface area contributed by atoms with Crippen LogP contribution in [0.3, 0.4) is 0 Å². The van der Waals surface area contributed by atoms with Gasteiger partial charge in [0.2, 0.25) is 0 Å². The van der Waals surface area contributed by atoms with Crippen molar-refractivity contribution in [3.63, 3.8) is 0 Å². The average Bonchev–Trinajstić information content (AvgIpc) is 2.89. The van der Waals surface area contributed by atoms with E-state index in [9.17, 15) is 4.79 Å². The van der Waals surface area contributed by atoms with Gasteiger partial charge in [-0.1, -0.05) is 27.5 Å². The lowest BCUT2D eigenvalue weighted by Gasteiger charge is -2.01. The quantitative estimate of drug-likeness (QED) is 0.475. The zero-order valence-electron chi connectivity index (χ0n) is 10.9. The van der Waals surface area contributed by atoms with Gasteiger partial charge in [0.15, 0.2) is 5.78 Å². The predicted molar refractivity (Wildman–Crippen MR) is 92.5 cm³/mol. The molecule has 0 spiro atoms. The molecule has 0 bridgehead atoms. The molecule has 0 atom stereocenters. The molecule has 3 aromatic rings. The molecule has 1 heterocycles. The molecule has 0 aliphatic rings. The highest BCUT2D eigenvalue weighted by molar-refractivity contribution is 9.10. The molecule has 0 aliphatic heterocycles. The number of rotatable bonds is 4. The first-order valence-corrected chi connectivity index (χ1v) is 8.47. The standard InChI is InChI=1S/C16H11BrClNOS/c17-10-1-4-12(5-2-10)21-9-16(20)14-8-19-15-6-3-11(18)7-13(14)15/h1-8,19H,9H2. The zero-order valence-corrected chi connectivity index (χ0v) is 14.1. The van der Waals surface area contributed by atoms with Gasteiger partial charge in [-0.3, -0.25) is 4.79 Å². The summed E-state index contributed by atoms with van der Waals surface area (Å²) in [5.41, 5.74) is 1.62. The molecular formula is C16H11BrClNOS. The number of halogens is 2. The fourth-order valence-corrected chi connectivity index (χ4v) is 3.30. The maximum Gasteiger partial charge on any atom is 0.175 e. The van der Waals surface area contributed by atoms with Crippen molar-refractivity contribution in [2.24, 2.45) is 0 Å². The van der Waals surface area contributed by atoms with E-state index < -0.39 is 0 Å². The highest BCUT2D eigenvalue weighted by Crippen LogP contribution is 2.26. The van der Waals surface area contributed by atoms with Crippen LogP contribution in [-0.4, -0.2) is 16.5 Å². The number of carbonyl (C=O) groups excluding carboxylic acids is 1. The molecule has 1 N–H and O–H groups in total. The van der Waals surface area contributed by atoms with Gasteiger partial charge < -0.3 is 4.98 Å². The van der Waals surface area contributed by atoms with Gasteiger partial charge in [0.1, 0.15) is 0 Å². The number of carbonyl (C=O) groups is 1. The first kappa shape index (κ1) is 14.7. The SMILES string of the molecule is O=C(CSc1ccc(Br)cc1)c1c[nH]c2ccc(Cl)cc12. The molecule has 3 rings (SSSR count). The third-order valence-corrected chi connectivity index (χ3v) is 4.90. The number of ketones is 1. The Balaban J connectivity index is 1.78. The summed E-state index contributed by atoms with van der Waals surface area (Å²) in [6.45, 7) is 0. The summed E-state index contributed by atoms with van der Waals surface area (Å²) < 4.78 is 1.03. The van der Waals surface area contributed by atoms with Crippen LogP contribution in [0.5, 0.6) is 0 Å². The molecule has 0 saturated heterocycles. The van der Waals surface area contributed by atoms with Gasteiger partial charge >= 0.3 is 0 Å².